The van der Waals surface area contributed by atoms with E-state index >= 15 is 0 Å². The van der Waals surface area contributed by atoms with Gasteiger partial charge in [0.15, 0.2) is 6.29 Å². The van der Waals surface area contributed by atoms with Gasteiger partial charge >= 0.3 is 18.0 Å². The van der Waals surface area contributed by atoms with Gasteiger partial charge in [-0.2, -0.15) is 0 Å². The lowest BCUT2D eigenvalue weighted by molar-refractivity contribution is -0.143. The molecule has 1 amide bonds. The number of aromatic nitrogens is 2. The van der Waals surface area contributed by atoms with Gasteiger partial charge in [0.25, 0.3) is 0 Å². The van der Waals surface area contributed by atoms with Crippen LogP contribution < -0.4 is 16.4 Å². The summed E-state index contributed by atoms with van der Waals surface area (Å²) < 4.78 is 15.0. The number of aliphatic hydroxyl groups excluding tert-OH is 2. The number of benzene rings is 2. The summed E-state index contributed by atoms with van der Waals surface area (Å²) in [5.41, 5.74) is 12.4. The largest absolute Gasteiger partial charge is 0.506 e. The maximum atomic E-state index is 12.4. The number of aliphatic hydroxyl groups is 2. The van der Waals surface area contributed by atoms with E-state index < -0.39 is 24.1 Å². The van der Waals surface area contributed by atoms with Crippen LogP contribution in [0, 0.1) is 13.8 Å². The summed E-state index contributed by atoms with van der Waals surface area (Å²) in [4.78, 5) is 53.7. The van der Waals surface area contributed by atoms with Crippen LogP contribution >= 0.6 is 12.4 Å². The Morgan fingerprint density at radius 3 is 1.92 bits per heavy atom. The van der Waals surface area contributed by atoms with Gasteiger partial charge in [-0.15, -0.1) is 12.4 Å². The molecule has 8 N–H and O–H groups in total. The van der Waals surface area contributed by atoms with Gasteiger partial charge in [0.1, 0.15) is 30.2 Å². The third-order valence-electron chi connectivity index (χ3n) is 10.4. The Balaban J connectivity index is 0.000000465. The van der Waals surface area contributed by atoms with Crippen molar-refractivity contribution in [3.63, 3.8) is 0 Å². The van der Waals surface area contributed by atoms with E-state index in [-0.39, 0.29) is 67.7 Å². The number of nitrogens with zero attached hydrogens (tertiary/aromatic N) is 2. The minimum Gasteiger partial charge on any atom is -0.506 e. The number of aryl methyl sites for hydroxylation is 2. The lowest BCUT2D eigenvalue weighted by Gasteiger charge is -2.18. The highest BCUT2D eigenvalue weighted by molar-refractivity contribution is 5.85. The standard InChI is InChI=1S/C30H35N3O6.C8H9NO3.C8H17NO2.ClH/c1-19-28(35)25(20(17-34)15-32-19)16-33-27(29(36)38-2)13-7-8-14-31-30(37)39-18-26-23-11-5-3-9-21(23)22-10-4-6-12-24(22)26;1-5-8(12)7(4-11)6(3-10)2-9-5;1-3-4-5-6-7(9)8(10)11-2;/h3-6,9-12,15,26-27,33-35H,7-8,13-14,16-18H2,1-2H3,(H,31,37);2,4,10,12H,3H2,1H3;7H,3-6,9H2,1-2H3;1H. The van der Waals surface area contributed by atoms with Gasteiger partial charge in [0, 0.05) is 48.1 Å². The number of esters is 2. The van der Waals surface area contributed by atoms with E-state index in [1.807, 2.05) is 24.3 Å². The van der Waals surface area contributed by atoms with E-state index in [2.05, 4.69) is 56.5 Å². The van der Waals surface area contributed by atoms with E-state index in [1.165, 1.54) is 37.7 Å². The molecule has 1 aliphatic carbocycles. The molecule has 0 spiro atoms. The minimum atomic E-state index is -0.608. The van der Waals surface area contributed by atoms with Crippen molar-refractivity contribution in [1.82, 2.24) is 20.6 Å². The van der Waals surface area contributed by atoms with Gasteiger partial charge in [-0.05, 0) is 61.8 Å². The Kier molecular flexibility index (Phi) is 23.9. The number of aromatic hydroxyl groups is 2. The first-order valence-corrected chi connectivity index (χ1v) is 20.6. The number of nitrogens with two attached hydrogens (primary N) is 1. The summed E-state index contributed by atoms with van der Waals surface area (Å²) in [5, 5.41) is 43.9. The van der Waals surface area contributed by atoms with Crippen LogP contribution in [0.4, 0.5) is 4.79 Å². The highest BCUT2D eigenvalue weighted by Crippen LogP contribution is 2.44. The van der Waals surface area contributed by atoms with Crippen molar-refractivity contribution in [2.24, 2.45) is 5.73 Å². The van der Waals surface area contributed by atoms with Crippen LogP contribution in [0.25, 0.3) is 11.1 Å². The maximum Gasteiger partial charge on any atom is 0.407 e. The van der Waals surface area contributed by atoms with E-state index in [4.69, 9.17) is 20.3 Å². The molecule has 0 aliphatic heterocycles. The molecular formula is C46H62ClN5O11. The van der Waals surface area contributed by atoms with Crippen molar-refractivity contribution in [3.05, 3.63) is 106 Å². The number of amides is 1. The molecule has 344 valence electrons. The van der Waals surface area contributed by atoms with Gasteiger partial charge in [0.05, 0.1) is 44.4 Å². The number of hydrogen-bond acceptors (Lipinski definition) is 15. The molecular weight excluding hydrogens is 834 g/mol. The zero-order valence-electron chi connectivity index (χ0n) is 36.6. The summed E-state index contributed by atoms with van der Waals surface area (Å²) in [6, 6.07) is 15.3. The number of carbonyl (C=O) groups excluding carboxylic acids is 4. The lowest BCUT2D eigenvalue weighted by atomic mass is 9.98. The van der Waals surface area contributed by atoms with Gasteiger partial charge in [-0.1, -0.05) is 74.7 Å². The monoisotopic (exact) mass is 895 g/mol. The second-order valence-electron chi connectivity index (χ2n) is 14.6. The first kappa shape index (κ1) is 53.5. The predicted molar refractivity (Wildman–Crippen MR) is 239 cm³/mol. The Labute approximate surface area is 375 Å². The molecule has 63 heavy (non-hydrogen) atoms. The van der Waals surface area contributed by atoms with Crippen LogP contribution in [-0.4, -0.2) is 94.2 Å². The molecule has 17 heteroatoms. The number of halogens is 1. The van der Waals surface area contributed by atoms with Crippen LogP contribution in [0.2, 0.25) is 0 Å². The summed E-state index contributed by atoms with van der Waals surface area (Å²) in [6.45, 7) is 5.63. The fourth-order valence-electron chi connectivity index (χ4n) is 6.80. The van der Waals surface area contributed by atoms with Crippen LogP contribution in [0.3, 0.4) is 0 Å². The molecule has 16 nitrogen and oxygen atoms in total. The van der Waals surface area contributed by atoms with Crippen LogP contribution in [0.1, 0.15) is 107 Å². The Hall–Kier alpha value is -5.65. The zero-order chi connectivity index (χ0) is 45.6. The van der Waals surface area contributed by atoms with Crippen LogP contribution in [0.5, 0.6) is 11.5 Å². The molecule has 5 rings (SSSR count). The average molecular weight is 896 g/mol. The number of methoxy groups -OCH3 is 2. The zero-order valence-corrected chi connectivity index (χ0v) is 37.4. The number of hydrogen-bond donors (Lipinski definition) is 7. The van der Waals surface area contributed by atoms with Crippen LogP contribution in [0.15, 0.2) is 60.9 Å². The Bertz CT molecular complexity index is 2040. The molecule has 2 atom stereocenters. The second-order valence-corrected chi connectivity index (χ2v) is 14.6. The van der Waals surface area contributed by atoms with E-state index in [1.54, 1.807) is 13.8 Å². The number of fused-ring (bicyclic) bond motifs is 3. The number of aldehydes is 1. The molecule has 0 saturated carbocycles. The third kappa shape index (κ3) is 15.6. The second kappa shape index (κ2) is 28.1. The SMILES string of the molecule is CCCCCC(N)C(=O)OC.COC(=O)C(CCCCNC(=O)OCC1c2ccccc2-c2ccccc21)NCc1c(CO)cnc(C)c1O.Cc1ncc(CO)c(C=O)c1O.Cl. The molecule has 2 aromatic carbocycles. The van der Waals surface area contributed by atoms with E-state index in [0.717, 1.165) is 36.8 Å². The number of carbonyl (C=O) groups is 4. The number of ether oxygens (including phenoxy) is 3. The summed E-state index contributed by atoms with van der Waals surface area (Å²) >= 11 is 0. The molecule has 2 aromatic heterocycles. The van der Waals surface area contributed by atoms with Gasteiger partial charge in [0.2, 0.25) is 0 Å². The molecule has 2 unspecified atom stereocenters. The molecule has 0 fully saturated rings. The van der Waals surface area contributed by atoms with Crippen molar-refractivity contribution < 1.29 is 53.8 Å². The van der Waals surface area contributed by atoms with Crippen molar-refractivity contribution in [1.29, 1.82) is 0 Å². The first-order chi connectivity index (χ1) is 29.9. The van der Waals surface area contributed by atoms with Crippen molar-refractivity contribution in [3.8, 4) is 22.6 Å². The summed E-state index contributed by atoms with van der Waals surface area (Å²) in [5.74, 6) is -0.886. The Morgan fingerprint density at radius 1 is 0.810 bits per heavy atom. The Morgan fingerprint density at radius 2 is 1.37 bits per heavy atom. The quantitative estimate of drug-likeness (QED) is 0.0254. The first-order valence-electron chi connectivity index (χ1n) is 20.6. The molecule has 2 heterocycles. The molecule has 0 bridgehead atoms. The highest BCUT2D eigenvalue weighted by atomic mass is 35.5. The fourth-order valence-corrected chi connectivity index (χ4v) is 6.80. The number of unbranched alkanes of at least 4 members (excludes halogenated alkanes) is 3. The summed E-state index contributed by atoms with van der Waals surface area (Å²) in [7, 11) is 2.69. The highest BCUT2D eigenvalue weighted by Gasteiger charge is 2.29. The predicted octanol–water partition coefficient (Wildman–Crippen LogP) is 5.82. The number of pyridine rings is 2. The van der Waals surface area contributed by atoms with E-state index in [0.29, 0.717) is 60.2 Å². The number of nitrogens with one attached hydrogen (secondary N) is 2. The van der Waals surface area contributed by atoms with E-state index in [9.17, 15) is 34.5 Å². The van der Waals surface area contributed by atoms with Gasteiger partial charge in [-0.25, -0.2) is 4.79 Å². The minimum absolute atomic E-state index is 0. The van der Waals surface area contributed by atoms with Gasteiger partial charge in [-0.3, -0.25) is 24.4 Å². The normalized spacial score (nSPS) is 12.1. The van der Waals surface area contributed by atoms with Gasteiger partial charge < -0.3 is 51.0 Å². The molecule has 0 radical (unpaired) electrons. The topological polar surface area (TPSA) is 253 Å². The smallest absolute Gasteiger partial charge is 0.407 e. The fraction of sp³-hybridized carbons (Fsp3) is 0.435. The van der Waals surface area contributed by atoms with Crippen molar-refractivity contribution in [2.45, 2.75) is 103 Å². The number of alkyl carbamates (subject to hydrolysis) is 1. The molecule has 1 aliphatic rings. The third-order valence-corrected chi connectivity index (χ3v) is 10.4. The average Bonchev–Trinajstić information content (AvgIpc) is 3.61. The summed E-state index contributed by atoms with van der Waals surface area (Å²) in [6.07, 6.45) is 8.69. The number of rotatable bonds is 19. The van der Waals surface area contributed by atoms with Crippen molar-refractivity contribution >= 4 is 36.7 Å². The lowest BCUT2D eigenvalue weighted by Crippen LogP contribution is -2.37. The maximum absolute atomic E-state index is 12.4. The molecule has 0 saturated heterocycles. The van der Waals surface area contributed by atoms with Crippen molar-refractivity contribution in [2.75, 3.05) is 27.4 Å². The van der Waals surface area contributed by atoms with Crippen LogP contribution in [-0.2, 0) is 43.6 Å². The molecule has 4 aromatic rings.